The molecule has 0 aliphatic carbocycles. The van der Waals surface area contributed by atoms with Crippen LogP contribution in [-0.2, 0) is 14.3 Å². The number of allylic oxidation sites excluding steroid dienone is 1. The van der Waals surface area contributed by atoms with Gasteiger partial charge in [0, 0.05) is 51.4 Å². The molecule has 1 amide bonds. The molecule has 0 aliphatic heterocycles. The van der Waals surface area contributed by atoms with Crippen molar-refractivity contribution in [3.05, 3.63) is 11.8 Å². The van der Waals surface area contributed by atoms with E-state index in [-0.39, 0.29) is 5.91 Å². The number of unbranched alkanes of at least 4 members (excludes halogenated alkanes) is 1. The second-order valence-electron chi connectivity index (χ2n) is 5.51. The fourth-order valence-corrected chi connectivity index (χ4v) is 1.86. The van der Waals surface area contributed by atoms with Crippen LogP contribution in [0.15, 0.2) is 11.8 Å². The highest BCUT2D eigenvalue weighted by molar-refractivity contribution is 7.97. The number of nitrogens with one attached hydrogen (secondary N) is 1. The fourth-order valence-electron chi connectivity index (χ4n) is 1.86. The lowest BCUT2D eigenvalue weighted by atomic mass is 10.2. The first-order valence-corrected chi connectivity index (χ1v) is 10.9. The third-order valence-corrected chi connectivity index (χ3v) is 3.15. The van der Waals surface area contributed by atoms with Gasteiger partial charge in [-0.1, -0.05) is 11.8 Å². The molecule has 162 valence electrons. The Morgan fingerprint density at radius 3 is 2.07 bits per heavy atom. The highest BCUT2D eigenvalue weighted by atomic mass is 32.2. The smallest absolute Gasteiger partial charge is 0.222 e. The zero-order valence-corrected chi connectivity index (χ0v) is 18.1. The van der Waals surface area contributed by atoms with Gasteiger partial charge in [-0.15, -0.1) is 0 Å². The van der Waals surface area contributed by atoms with Gasteiger partial charge in [0.1, 0.15) is 0 Å². The number of hydrogen-bond acceptors (Lipinski definition) is 8. The molecule has 0 aromatic rings. The minimum absolute atomic E-state index is 0.0381. The Labute approximate surface area is 174 Å². The number of rotatable bonds is 14. The van der Waals surface area contributed by atoms with Crippen molar-refractivity contribution < 1.29 is 14.3 Å². The standard InChI is InChI=1S/C17H31N5O3.C2H6S/c18-6-10-24-12-8-22(9-13-25-11-7-19)17(23)5-3-1-2-4-16(14-20)15-21;1-3-2/h14-15,20H,1,3,5-13,18-19,21H2;1-2H3/b16-15-,20-14?;. The normalized spacial score (nSPS) is 10.4. The molecule has 0 radical (unpaired) electrons. The molecule has 0 aliphatic rings. The van der Waals surface area contributed by atoms with Gasteiger partial charge in [0.15, 0.2) is 0 Å². The van der Waals surface area contributed by atoms with Crippen molar-refractivity contribution in [1.29, 1.82) is 5.41 Å². The highest BCUT2D eigenvalue weighted by Crippen LogP contribution is 2.02. The molecule has 0 heterocycles. The van der Waals surface area contributed by atoms with Crippen LogP contribution in [0.25, 0.3) is 0 Å². The van der Waals surface area contributed by atoms with Crippen LogP contribution in [-0.4, -0.2) is 82.1 Å². The van der Waals surface area contributed by atoms with Gasteiger partial charge in [0.05, 0.1) is 32.0 Å². The predicted molar refractivity (Wildman–Crippen MR) is 118 cm³/mol. The Kier molecular flexibility index (Phi) is 24.0. The van der Waals surface area contributed by atoms with E-state index in [0.717, 1.165) is 6.21 Å². The molecule has 0 spiro atoms. The average molecular weight is 416 g/mol. The van der Waals surface area contributed by atoms with Gasteiger partial charge in [-0.3, -0.25) is 4.79 Å². The number of thioether (sulfide) groups is 1. The summed E-state index contributed by atoms with van der Waals surface area (Å²) in [7, 11) is 0. The lowest BCUT2D eigenvalue weighted by Gasteiger charge is -2.22. The topological polar surface area (TPSA) is 141 Å². The number of hydrogen-bond donors (Lipinski definition) is 4. The van der Waals surface area contributed by atoms with Crippen LogP contribution >= 0.6 is 11.8 Å². The van der Waals surface area contributed by atoms with Crippen LogP contribution in [0.5, 0.6) is 0 Å². The molecule has 0 aromatic heterocycles. The number of nitrogens with zero attached hydrogens (tertiary/aromatic N) is 1. The minimum atomic E-state index is 0.0381. The predicted octanol–water partition coefficient (Wildman–Crippen LogP) is 0.411. The molecule has 0 saturated carbocycles. The summed E-state index contributed by atoms with van der Waals surface area (Å²) in [6.07, 6.45) is 8.08. The summed E-state index contributed by atoms with van der Waals surface area (Å²) >= 11 is 1.75. The number of nitrogens with two attached hydrogens (primary N) is 3. The number of ether oxygens (including phenoxy) is 2. The molecule has 7 N–H and O–H groups in total. The van der Waals surface area contributed by atoms with Gasteiger partial charge in [0.25, 0.3) is 0 Å². The lowest BCUT2D eigenvalue weighted by molar-refractivity contribution is -0.132. The minimum Gasteiger partial charge on any atom is -0.404 e. The summed E-state index contributed by atoms with van der Waals surface area (Å²) in [5.74, 6) is 5.72. The first kappa shape index (κ1) is 28.6. The average Bonchev–Trinajstić information content (AvgIpc) is 2.70. The molecule has 0 rings (SSSR count). The summed E-state index contributed by atoms with van der Waals surface area (Å²) < 4.78 is 10.7. The maximum absolute atomic E-state index is 12.3. The molecular formula is C19H37N5O3S. The molecule has 0 atom stereocenters. The van der Waals surface area contributed by atoms with E-state index in [0.29, 0.717) is 77.4 Å². The number of amides is 1. The molecular weight excluding hydrogens is 378 g/mol. The maximum Gasteiger partial charge on any atom is 0.222 e. The molecule has 0 aromatic carbocycles. The van der Waals surface area contributed by atoms with E-state index in [2.05, 4.69) is 11.8 Å². The monoisotopic (exact) mass is 415 g/mol. The molecule has 0 bridgehead atoms. The molecule has 0 unspecified atom stereocenters. The quantitative estimate of drug-likeness (QED) is 0.183. The Balaban J connectivity index is 0. The van der Waals surface area contributed by atoms with E-state index >= 15 is 0 Å². The molecule has 9 heteroatoms. The second kappa shape index (κ2) is 23.5. The van der Waals surface area contributed by atoms with Crippen molar-refractivity contribution in [2.24, 2.45) is 17.2 Å². The van der Waals surface area contributed by atoms with Crippen LogP contribution in [0.4, 0.5) is 0 Å². The summed E-state index contributed by atoms with van der Waals surface area (Å²) in [5, 5.41) is 7.08. The zero-order chi connectivity index (χ0) is 21.5. The molecule has 0 fully saturated rings. The number of carbonyl (C=O) groups excluding carboxylic acids is 1. The van der Waals surface area contributed by atoms with Crippen LogP contribution in [0.3, 0.4) is 0 Å². The van der Waals surface area contributed by atoms with Crippen molar-refractivity contribution in [1.82, 2.24) is 4.90 Å². The summed E-state index contributed by atoms with van der Waals surface area (Å²) in [5.41, 5.74) is 16.5. The lowest BCUT2D eigenvalue weighted by Crippen LogP contribution is -2.37. The molecule has 28 heavy (non-hydrogen) atoms. The van der Waals surface area contributed by atoms with Gasteiger partial charge in [-0.2, -0.15) is 11.8 Å². The fraction of sp³-hybridized carbons (Fsp3) is 0.684. The van der Waals surface area contributed by atoms with Crippen LogP contribution in [0.2, 0.25) is 0 Å². The van der Waals surface area contributed by atoms with E-state index in [9.17, 15) is 4.79 Å². The van der Waals surface area contributed by atoms with Crippen LogP contribution in [0, 0.1) is 17.3 Å². The van der Waals surface area contributed by atoms with Crippen molar-refractivity contribution in [3.8, 4) is 11.8 Å². The van der Waals surface area contributed by atoms with Crippen LogP contribution < -0.4 is 17.2 Å². The highest BCUT2D eigenvalue weighted by Gasteiger charge is 2.12. The van der Waals surface area contributed by atoms with Crippen molar-refractivity contribution >= 4 is 23.9 Å². The van der Waals surface area contributed by atoms with E-state index in [1.54, 1.807) is 16.7 Å². The summed E-state index contributed by atoms with van der Waals surface area (Å²) in [6, 6.07) is 0. The van der Waals surface area contributed by atoms with Gasteiger partial charge in [0.2, 0.25) is 5.91 Å². The Morgan fingerprint density at radius 2 is 1.64 bits per heavy atom. The van der Waals surface area contributed by atoms with Crippen LogP contribution in [0.1, 0.15) is 19.3 Å². The largest absolute Gasteiger partial charge is 0.404 e. The van der Waals surface area contributed by atoms with E-state index in [1.807, 2.05) is 12.5 Å². The zero-order valence-electron chi connectivity index (χ0n) is 17.2. The van der Waals surface area contributed by atoms with E-state index < -0.39 is 0 Å². The van der Waals surface area contributed by atoms with E-state index in [1.165, 1.54) is 6.20 Å². The van der Waals surface area contributed by atoms with Gasteiger partial charge in [-0.05, 0) is 18.9 Å². The third-order valence-electron chi connectivity index (χ3n) is 3.15. The SMILES string of the molecule is CSC.N=C/C(C#CCCCC(=O)N(CCOCCN)CCOCCN)=C\N. The first-order chi connectivity index (χ1) is 13.6. The maximum atomic E-state index is 12.3. The van der Waals surface area contributed by atoms with Gasteiger partial charge >= 0.3 is 0 Å². The van der Waals surface area contributed by atoms with E-state index in [4.69, 9.17) is 32.1 Å². The molecule has 8 nitrogen and oxygen atoms in total. The second-order valence-corrected chi connectivity index (χ2v) is 6.33. The number of carbonyl (C=O) groups is 1. The summed E-state index contributed by atoms with van der Waals surface area (Å²) in [4.78, 5) is 14.1. The van der Waals surface area contributed by atoms with Gasteiger partial charge < -0.3 is 37.0 Å². The van der Waals surface area contributed by atoms with Gasteiger partial charge in [-0.25, -0.2) is 0 Å². The van der Waals surface area contributed by atoms with Crippen molar-refractivity contribution in [2.45, 2.75) is 19.3 Å². The van der Waals surface area contributed by atoms with Crippen molar-refractivity contribution in [2.75, 3.05) is 65.1 Å². The Morgan fingerprint density at radius 1 is 1.11 bits per heavy atom. The van der Waals surface area contributed by atoms with Crippen molar-refractivity contribution in [3.63, 3.8) is 0 Å². The summed E-state index contributed by atoms with van der Waals surface area (Å²) in [6.45, 7) is 3.78. The first-order valence-electron chi connectivity index (χ1n) is 9.25. The Hall–Kier alpha value is -1.57. The third kappa shape index (κ3) is 19.2. The Bertz CT molecular complexity index is 466. The molecule has 0 saturated heterocycles.